The summed E-state index contributed by atoms with van der Waals surface area (Å²) >= 11 is 2.95. The lowest BCUT2D eigenvalue weighted by atomic mass is 10.3. The molecular weight excluding hydrogens is 344 g/mol. The number of hydrogen-bond acceptors (Lipinski definition) is 6. The number of anilines is 2. The largest absolute Gasteiger partial charge is 0.324 e. The lowest BCUT2D eigenvalue weighted by Crippen LogP contribution is -2.36. The van der Waals surface area contributed by atoms with E-state index < -0.39 is 0 Å². The molecule has 24 heavy (non-hydrogen) atoms. The zero-order valence-corrected chi connectivity index (χ0v) is 15.5. The van der Waals surface area contributed by atoms with Gasteiger partial charge in [-0.3, -0.25) is 14.5 Å². The third-order valence-corrected chi connectivity index (χ3v) is 4.74. The Morgan fingerprint density at radius 3 is 2.50 bits per heavy atom. The molecule has 8 heteroatoms. The average Bonchev–Trinajstić information content (AvgIpc) is 2.92. The minimum absolute atomic E-state index is 0.121. The molecule has 6 nitrogen and oxygen atoms in total. The number of hydrogen-bond donors (Lipinski definition) is 2. The summed E-state index contributed by atoms with van der Waals surface area (Å²) in [6.45, 7) is 2.12. The number of carbonyl (C=O) groups excluding carboxylic acids is 2. The minimum Gasteiger partial charge on any atom is -0.324 e. The van der Waals surface area contributed by atoms with E-state index in [1.54, 1.807) is 23.7 Å². The van der Waals surface area contributed by atoms with Gasteiger partial charge in [0.25, 0.3) is 0 Å². The van der Waals surface area contributed by atoms with Gasteiger partial charge in [-0.2, -0.15) is 0 Å². The van der Waals surface area contributed by atoms with Crippen LogP contribution in [0.15, 0.2) is 34.5 Å². The molecule has 0 aliphatic rings. The first kappa shape index (κ1) is 18.4. The summed E-state index contributed by atoms with van der Waals surface area (Å²) in [6.07, 6.45) is 1.96. The molecule has 0 fully saturated rings. The van der Waals surface area contributed by atoms with Crippen molar-refractivity contribution in [3.05, 3.63) is 35.3 Å². The molecule has 0 spiro atoms. The van der Waals surface area contributed by atoms with Crippen molar-refractivity contribution < 1.29 is 9.59 Å². The zero-order valence-electron chi connectivity index (χ0n) is 13.8. The number of aryl methyl sites for hydroxylation is 1. The molecule has 0 saturated carbocycles. The van der Waals surface area contributed by atoms with Crippen LogP contribution >= 0.6 is 23.1 Å². The molecule has 1 heterocycles. The van der Waals surface area contributed by atoms with Crippen molar-refractivity contribution in [1.29, 1.82) is 0 Å². The van der Waals surface area contributed by atoms with Gasteiger partial charge in [0.1, 0.15) is 0 Å². The van der Waals surface area contributed by atoms with Crippen LogP contribution < -0.4 is 10.6 Å². The second kappa shape index (κ2) is 8.81. The summed E-state index contributed by atoms with van der Waals surface area (Å²) in [4.78, 5) is 30.9. The van der Waals surface area contributed by atoms with Gasteiger partial charge in [-0.1, -0.05) is 12.1 Å². The Hall–Kier alpha value is -1.90. The molecular formula is C16H20N4O2S2. The van der Waals surface area contributed by atoms with Crippen LogP contribution in [-0.2, 0) is 9.59 Å². The molecule has 2 amide bonds. The van der Waals surface area contributed by atoms with E-state index in [0.717, 1.165) is 16.3 Å². The van der Waals surface area contributed by atoms with Crippen LogP contribution in [0.2, 0.25) is 0 Å². The Kier molecular flexibility index (Phi) is 6.77. The smallest absolute Gasteiger partial charge is 0.240 e. The van der Waals surface area contributed by atoms with Crippen LogP contribution in [0.3, 0.4) is 0 Å². The van der Waals surface area contributed by atoms with Crippen LogP contribution in [0, 0.1) is 6.92 Å². The number of nitrogens with one attached hydrogen (secondary N) is 2. The molecule has 0 saturated heterocycles. The van der Waals surface area contributed by atoms with Crippen molar-refractivity contribution in [2.24, 2.45) is 0 Å². The molecule has 1 aromatic carbocycles. The highest BCUT2D eigenvalue weighted by Gasteiger charge is 2.13. The minimum atomic E-state index is -0.191. The van der Waals surface area contributed by atoms with Crippen LogP contribution in [-0.4, -0.2) is 48.1 Å². The molecule has 2 aromatic rings. The third kappa shape index (κ3) is 5.63. The van der Waals surface area contributed by atoms with Gasteiger partial charge >= 0.3 is 0 Å². The fourth-order valence-corrected chi connectivity index (χ4v) is 3.31. The van der Waals surface area contributed by atoms with Crippen LogP contribution in [0.25, 0.3) is 0 Å². The van der Waals surface area contributed by atoms with E-state index >= 15 is 0 Å². The number of amides is 2. The van der Waals surface area contributed by atoms with Crippen molar-refractivity contribution in [2.45, 2.75) is 11.8 Å². The number of rotatable bonds is 7. The Morgan fingerprint density at radius 1 is 1.21 bits per heavy atom. The highest BCUT2D eigenvalue weighted by molar-refractivity contribution is 7.98. The number of para-hydroxylation sites is 1. The second-order valence-electron chi connectivity index (χ2n) is 5.26. The van der Waals surface area contributed by atoms with E-state index in [2.05, 4.69) is 15.6 Å². The highest BCUT2D eigenvalue weighted by atomic mass is 32.2. The van der Waals surface area contributed by atoms with E-state index in [1.807, 2.05) is 42.8 Å². The molecule has 2 rings (SSSR count). The van der Waals surface area contributed by atoms with Gasteiger partial charge in [-0.15, -0.1) is 23.1 Å². The summed E-state index contributed by atoms with van der Waals surface area (Å²) in [7, 11) is 1.73. The SMILES string of the molecule is CSc1ccccc1NC(=O)CN(C)CC(=O)Nc1nc(C)cs1. The number of carbonyl (C=O) groups is 2. The first-order valence-electron chi connectivity index (χ1n) is 7.31. The summed E-state index contributed by atoms with van der Waals surface area (Å²) in [6, 6.07) is 7.62. The van der Waals surface area contributed by atoms with Gasteiger partial charge in [-0.25, -0.2) is 4.98 Å². The summed E-state index contributed by atoms with van der Waals surface area (Å²) < 4.78 is 0. The van der Waals surface area contributed by atoms with E-state index in [0.29, 0.717) is 5.13 Å². The predicted octanol–water partition coefficient (Wildman–Crippen LogP) is 2.68. The fraction of sp³-hybridized carbons (Fsp3) is 0.312. The highest BCUT2D eigenvalue weighted by Crippen LogP contribution is 2.24. The Balaban J connectivity index is 1.81. The molecule has 0 atom stereocenters. The number of aromatic nitrogens is 1. The first-order chi connectivity index (χ1) is 11.5. The fourth-order valence-electron chi connectivity index (χ4n) is 2.05. The number of thiazole rings is 1. The maximum absolute atomic E-state index is 12.1. The molecule has 0 unspecified atom stereocenters. The van der Waals surface area contributed by atoms with E-state index in [-0.39, 0.29) is 24.9 Å². The van der Waals surface area contributed by atoms with Gasteiger partial charge in [0.2, 0.25) is 11.8 Å². The lowest BCUT2D eigenvalue weighted by Gasteiger charge is -2.16. The number of likely N-dealkylation sites (N-methyl/N-ethyl adjacent to an activating group) is 1. The average molecular weight is 364 g/mol. The van der Waals surface area contributed by atoms with Gasteiger partial charge in [0.15, 0.2) is 5.13 Å². The summed E-state index contributed by atoms with van der Waals surface area (Å²) in [5.41, 5.74) is 1.65. The first-order valence-corrected chi connectivity index (χ1v) is 9.41. The quantitative estimate of drug-likeness (QED) is 0.739. The predicted molar refractivity (Wildman–Crippen MR) is 99.8 cm³/mol. The topological polar surface area (TPSA) is 74.3 Å². The van der Waals surface area contributed by atoms with Crippen LogP contribution in [0.4, 0.5) is 10.8 Å². The monoisotopic (exact) mass is 364 g/mol. The third-order valence-electron chi connectivity index (χ3n) is 3.07. The number of benzene rings is 1. The van der Waals surface area contributed by atoms with E-state index in [4.69, 9.17) is 0 Å². The molecule has 2 N–H and O–H groups in total. The molecule has 0 aliphatic heterocycles. The van der Waals surface area contributed by atoms with E-state index in [9.17, 15) is 9.59 Å². The molecule has 1 aromatic heterocycles. The molecule has 0 bridgehead atoms. The number of nitrogens with zero attached hydrogens (tertiary/aromatic N) is 2. The van der Waals surface area contributed by atoms with Crippen molar-refractivity contribution in [3.63, 3.8) is 0 Å². The van der Waals surface area contributed by atoms with Crippen molar-refractivity contribution >= 4 is 45.7 Å². The standard InChI is InChI=1S/C16H20N4O2S2/c1-11-10-24-16(17-11)19-15(22)9-20(2)8-14(21)18-12-6-4-5-7-13(12)23-3/h4-7,10H,8-9H2,1-3H3,(H,18,21)(H,17,19,22). The van der Waals surface area contributed by atoms with Crippen molar-refractivity contribution in [2.75, 3.05) is 37.0 Å². The second-order valence-corrected chi connectivity index (χ2v) is 6.97. The summed E-state index contributed by atoms with van der Waals surface area (Å²) in [5.74, 6) is -0.346. The molecule has 0 aliphatic carbocycles. The Morgan fingerprint density at radius 2 is 1.88 bits per heavy atom. The molecule has 0 radical (unpaired) electrons. The van der Waals surface area contributed by atoms with Gasteiger partial charge in [0.05, 0.1) is 24.5 Å². The molecule has 128 valence electrons. The van der Waals surface area contributed by atoms with Gasteiger partial charge in [-0.05, 0) is 32.4 Å². The maximum Gasteiger partial charge on any atom is 0.240 e. The Bertz CT molecular complexity index is 718. The van der Waals surface area contributed by atoms with Crippen LogP contribution in [0.5, 0.6) is 0 Å². The van der Waals surface area contributed by atoms with Gasteiger partial charge < -0.3 is 10.6 Å². The lowest BCUT2D eigenvalue weighted by molar-refractivity contribution is -0.119. The number of thioether (sulfide) groups is 1. The summed E-state index contributed by atoms with van der Waals surface area (Å²) in [5, 5.41) is 8.05. The van der Waals surface area contributed by atoms with Crippen molar-refractivity contribution in [1.82, 2.24) is 9.88 Å². The zero-order chi connectivity index (χ0) is 17.5. The van der Waals surface area contributed by atoms with Crippen molar-refractivity contribution in [3.8, 4) is 0 Å². The Labute approximate surface area is 149 Å². The van der Waals surface area contributed by atoms with Crippen LogP contribution in [0.1, 0.15) is 5.69 Å². The van der Waals surface area contributed by atoms with Gasteiger partial charge in [0, 0.05) is 10.3 Å². The normalized spacial score (nSPS) is 10.7. The van der Waals surface area contributed by atoms with E-state index in [1.165, 1.54) is 11.3 Å². The maximum atomic E-state index is 12.1.